The first-order valence-electron chi connectivity index (χ1n) is 5.13. The van der Waals surface area contributed by atoms with Gasteiger partial charge in [-0.1, -0.05) is 15.9 Å². The van der Waals surface area contributed by atoms with Gasteiger partial charge in [-0.3, -0.25) is 5.10 Å². The summed E-state index contributed by atoms with van der Waals surface area (Å²) in [6.07, 6.45) is 0. The van der Waals surface area contributed by atoms with Crippen LogP contribution in [0.3, 0.4) is 0 Å². The van der Waals surface area contributed by atoms with Gasteiger partial charge in [-0.2, -0.15) is 5.10 Å². The first-order valence-corrected chi connectivity index (χ1v) is 5.92. The third-order valence-corrected chi connectivity index (χ3v) is 2.92. The van der Waals surface area contributed by atoms with E-state index in [-0.39, 0.29) is 0 Å². The SMILES string of the molecule is COC(=O)c1cc(-c2ccc(Br)cc2OC)n[nH]1. The molecule has 1 N–H and O–H groups in total. The number of halogens is 1. The molecule has 0 aliphatic heterocycles. The van der Waals surface area contributed by atoms with Gasteiger partial charge in [0.1, 0.15) is 11.4 Å². The molecular weight excluding hydrogens is 300 g/mol. The van der Waals surface area contributed by atoms with E-state index >= 15 is 0 Å². The Labute approximate surface area is 112 Å². The van der Waals surface area contributed by atoms with Crippen LogP contribution in [0.15, 0.2) is 28.7 Å². The minimum atomic E-state index is -0.454. The summed E-state index contributed by atoms with van der Waals surface area (Å²) in [5, 5.41) is 6.70. The lowest BCUT2D eigenvalue weighted by atomic mass is 10.1. The van der Waals surface area contributed by atoms with E-state index in [9.17, 15) is 4.79 Å². The number of rotatable bonds is 3. The number of aromatic nitrogens is 2. The molecule has 0 aliphatic carbocycles. The van der Waals surface area contributed by atoms with Crippen molar-refractivity contribution >= 4 is 21.9 Å². The summed E-state index contributed by atoms with van der Waals surface area (Å²) >= 11 is 3.37. The second-order valence-electron chi connectivity index (χ2n) is 3.50. The second kappa shape index (κ2) is 5.22. The summed E-state index contributed by atoms with van der Waals surface area (Å²) in [5.74, 6) is 0.220. The Kier molecular flexibility index (Phi) is 3.66. The molecule has 94 valence electrons. The van der Waals surface area contributed by atoms with Crippen LogP contribution in [0.1, 0.15) is 10.5 Å². The third kappa shape index (κ3) is 2.38. The number of nitrogens with zero attached hydrogens (tertiary/aromatic N) is 1. The highest BCUT2D eigenvalue weighted by Gasteiger charge is 2.14. The third-order valence-electron chi connectivity index (χ3n) is 2.42. The summed E-state index contributed by atoms with van der Waals surface area (Å²) in [4.78, 5) is 11.3. The number of ether oxygens (including phenoxy) is 2. The standard InChI is InChI=1S/C12H11BrN2O3/c1-17-11-5-7(13)3-4-8(11)9-6-10(15-14-9)12(16)18-2/h3-6H,1-2H3,(H,14,15). The molecule has 2 rings (SSSR count). The largest absolute Gasteiger partial charge is 0.496 e. The summed E-state index contributed by atoms with van der Waals surface area (Å²) in [7, 11) is 2.90. The van der Waals surface area contributed by atoms with Crippen molar-refractivity contribution in [2.45, 2.75) is 0 Å². The van der Waals surface area contributed by atoms with Gasteiger partial charge in [-0.15, -0.1) is 0 Å². The van der Waals surface area contributed by atoms with Gasteiger partial charge in [0.05, 0.1) is 19.9 Å². The van der Waals surface area contributed by atoms with Gasteiger partial charge in [0.25, 0.3) is 0 Å². The number of nitrogens with one attached hydrogen (secondary N) is 1. The first-order chi connectivity index (χ1) is 8.65. The quantitative estimate of drug-likeness (QED) is 0.885. The molecule has 18 heavy (non-hydrogen) atoms. The fraction of sp³-hybridized carbons (Fsp3) is 0.167. The molecule has 0 saturated carbocycles. The topological polar surface area (TPSA) is 64.2 Å². The van der Waals surface area contributed by atoms with E-state index in [0.717, 1.165) is 10.0 Å². The average molecular weight is 311 g/mol. The lowest BCUT2D eigenvalue weighted by molar-refractivity contribution is 0.0594. The Hall–Kier alpha value is -1.82. The van der Waals surface area contributed by atoms with Crippen molar-refractivity contribution in [2.75, 3.05) is 14.2 Å². The zero-order valence-electron chi connectivity index (χ0n) is 9.86. The van der Waals surface area contributed by atoms with E-state index in [1.807, 2.05) is 18.2 Å². The number of aromatic amines is 1. The summed E-state index contributed by atoms with van der Waals surface area (Å²) in [6.45, 7) is 0. The molecule has 0 aliphatic rings. The van der Waals surface area contributed by atoms with Crippen LogP contribution in [0.2, 0.25) is 0 Å². The van der Waals surface area contributed by atoms with Crippen molar-refractivity contribution in [2.24, 2.45) is 0 Å². The number of benzene rings is 1. The number of H-pyrrole nitrogens is 1. The molecule has 0 unspecified atom stereocenters. The Morgan fingerprint density at radius 3 is 2.78 bits per heavy atom. The van der Waals surface area contributed by atoms with E-state index in [2.05, 4.69) is 30.9 Å². The molecule has 0 atom stereocenters. The summed E-state index contributed by atoms with van der Waals surface area (Å²) in [5.41, 5.74) is 1.73. The van der Waals surface area contributed by atoms with Crippen molar-refractivity contribution in [1.82, 2.24) is 10.2 Å². The predicted octanol–water partition coefficient (Wildman–Crippen LogP) is 2.63. The van der Waals surface area contributed by atoms with Crippen molar-refractivity contribution < 1.29 is 14.3 Å². The lowest BCUT2D eigenvalue weighted by Gasteiger charge is -2.06. The molecule has 6 heteroatoms. The van der Waals surface area contributed by atoms with Crippen molar-refractivity contribution in [1.29, 1.82) is 0 Å². The van der Waals surface area contributed by atoms with Crippen LogP contribution < -0.4 is 4.74 Å². The van der Waals surface area contributed by atoms with Gasteiger partial charge in [0.15, 0.2) is 0 Å². The molecular formula is C12H11BrN2O3. The van der Waals surface area contributed by atoms with Crippen LogP contribution in [0.5, 0.6) is 5.75 Å². The number of methoxy groups -OCH3 is 2. The molecule has 1 aromatic heterocycles. The minimum Gasteiger partial charge on any atom is -0.496 e. The number of carbonyl (C=O) groups is 1. The van der Waals surface area contributed by atoms with Gasteiger partial charge in [0.2, 0.25) is 0 Å². The molecule has 0 fully saturated rings. The molecule has 0 amide bonds. The van der Waals surface area contributed by atoms with E-state index in [0.29, 0.717) is 17.1 Å². The highest BCUT2D eigenvalue weighted by molar-refractivity contribution is 9.10. The maximum atomic E-state index is 11.3. The van der Waals surface area contributed by atoms with Gasteiger partial charge in [0, 0.05) is 10.0 Å². The lowest BCUT2D eigenvalue weighted by Crippen LogP contribution is -2.00. The Bertz CT molecular complexity index is 580. The molecule has 1 heterocycles. The zero-order valence-corrected chi connectivity index (χ0v) is 11.4. The molecule has 1 aromatic carbocycles. The molecule has 0 saturated heterocycles. The van der Waals surface area contributed by atoms with E-state index in [1.54, 1.807) is 13.2 Å². The van der Waals surface area contributed by atoms with Crippen LogP contribution in [0.25, 0.3) is 11.3 Å². The van der Waals surface area contributed by atoms with Crippen LogP contribution in [-0.2, 0) is 4.74 Å². The van der Waals surface area contributed by atoms with E-state index in [1.165, 1.54) is 7.11 Å². The highest BCUT2D eigenvalue weighted by Crippen LogP contribution is 2.31. The van der Waals surface area contributed by atoms with Crippen LogP contribution in [-0.4, -0.2) is 30.4 Å². The molecule has 0 bridgehead atoms. The van der Waals surface area contributed by atoms with E-state index in [4.69, 9.17) is 4.74 Å². The number of hydrogen-bond donors (Lipinski definition) is 1. The van der Waals surface area contributed by atoms with Gasteiger partial charge in [-0.05, 0) is 24.3 Å². The van der Waals surface area contributed by atoms with Crippen molar-refractivity contribution in [3.63, 3.8) is 0 Å². The molecule has 5 nitrogen and oxygen atoms in total. The fourth-order valence-electron chi connectivity index (χ4n) is 1.55. The van der Waals surface area contributed by atoms with Gasteiger partial charge in [-0.25, -0.2) is 4.79 Å². The smallest absolute Gasteiger partial charge is 0.356 e. The maximum absolute atomic E-state index is 11.3. The maximum Gasteiger partial charge on any atom is 0.356 e. The van der Waals surface area contributed by atoms with Gasteiger partial charge >= 0.3 is 5.97 Å². The summed E-state index contributed by atoms with van der Waals surface area (Å²) in [6, 6.07) is 7.20. The van der Waals surface area contributed by atoms with Crippen LogP contribution in [0, 0.1) is 0 Å². The number of carbonyl (C=O) groups excluding carboxylic acids is 1. The number of esters is 1. The predicted molar refractivity (Wildman–Crippen MR) is 69.6 cm³/mol. The van der Waals surface area contributed by atoms with Crippen LogP contribution >= 0.6 is 15.9 Å². The van der Waals surface area contributed by atoms with Crippen molar-refractivity contribution in [3.05, 3.63) is 34.4 Å². The minimum absolute atomic E-state index is 0.303. The Morgan fingerprint density at radius 1 is 1.33 bits per heavy atom. The molecule has 0 radical (unpaired) electrons. The molecule has 2 aromatic rings. The first kappa shape index (κ1) is 12.6. The Morgan fingerprint density at radius 2 is 2.11 bits per heavy atom. The number of hydrogen-bond acceptors (Lipinski definition) is 4. The van der Waals surface area contributed by atoms with E-state index < -0.39 is 5.97 Å². The Balaban J connectivity index is 2.42. The second-order valence-corrected chi connectivity index (χ2v) is 4.42. The highest BCUT2D eigenvalue weighted by atomic mass is 79.9. The van der Waals surface area contributed by atoms with Crippen LogP contribution in [0.4, 0.5) is 0 Å². The monoisotopic (exact) mass is 310 g/mol. The van der Waals surface area contributed by atoms with Crippen molar-refractivity contribution in [3.8, 4) is 17.0 Å². The average Bonchev–Trinajstić information content (AvgIpc) is 2.87. The zero-order chi connectivity index (χ0) is 13.1. The fourth-order valence-corrected chi connectivity index (χ4v) is 1.89. The summed E-state index contributed by atoms with van der Waals surface area (Å²) < 4.78 is 10.8. The molecule has 0 spiro atoms. The van der Waals surface area contributed by atoms with Gasteiger partial charge < -0.3 is 9.47 Å². The normalized spacial score (nSPS) is 10.2.